The molecule has 0 aliphatic heterocycles. The Hall–Kier alpha value is -0.120. The molecule has 9 heavy (non-hydrogen) atoms. The zero-order valence-corrected chi connectivity index (χ0v) is 6.48. The van der Waals surface area contributed by atoms with Crippen molar-refractivity contribution in [3.63, 3.8) is 0 Å². The number of rotatable bonds is 4. The number of nitrogens with one attached hydrogen (secondary N) is 1. The van der Waals surface area contributed by atoms with Gasteiger partial charge in [0.25, 0.3) is 0 Å². The van der Waals surface area contributed by atoms with Gasteiger partial charge in [0.1, 0.15) is 0 Å². The molecule has 0 fully saturated rings. The van der Waals surface area contributed by atoms with Crippen molar-refractivity contribution in [2.75, 3.05) is 26.2 Å². The molecule has 0 aromatic rings. The topological polar surface area (TPSA) is 64.1 Å². The average molecular weight is 133 g/mol. The average Bonchev–Trinajstić information content (AvgIpc) is 1.94. The van der Waals surface area contributed by atoms with Gasteiger partial charge in [0, 0.05) is 26.2 Å². The fourth-order valence-electron chi connectivity index (χ4n) is 0.329. The molecule has 0 aliphatic rings. The number of hydrogen-bond donors (Lipinski definition) is 3. The molecule has 0 rings (SSSR count). The van der Waals surface area contributed by atoms with E-state index in [0.717, 1.165) is 13.1 Å². The van der Waals surface area contributed by atoms with Gasteiger partial charge in [0.15, 0.2) is 0 Å². The van der Waals surface area contributed by atoms with E-state index >= 15 is 0 Å². The minimum Gasteiger partial charge on any atom is -0.329 e. The summed E-state index contributed by atoms with van der Waals surface area (Å²) in [7, 11) is 0. The lowest BCUT2D eigenvalue weighted by molar-refractivity contribution is 0.696. The summed E-state index contributed by atoms with van der Waals surface area (Å²) < 4.78 is 0. The van der Waals surface area contributed by atoms with Crippen LogP contribution in [0.4, 0.5) is 0 Å². The molecular formula is C6H19N3. The van der Waals surface area contributed by atoms with Crippen LogP contribution in [0.25, 0.3) is 0 Å². The molecule has 0 aromatic heterocycles. The Morgan fingerprint density at radius 1 is 1.00 bits per heavy atom. The van der Waals surface area contributed by atoms with Gasteiger partial charge < -0.3 is 16.8 Å². The molecule has 0 saturated carbocycles. The van der Waals surface area contributed by atoms with Gasteiger partial charge in [-0.05, 0) is 0 Å². The molecule has 0 bridgehead atoms. The second-order valence-corrected chi connectivity index (χ2v) is 1.33. The molecule has 0 amide bonds. The molecule has 3 nitrogen and oxygen atoms in total. The molecule has 58 valence electrons. The van der Waals surface area contributed by atoms with Crippen molar-refractivity contribution in [3.05, 3.63) is 0 Å². The highest BCUT2D eigenvalue weighted by Crippen LogP contribution is 1.49. The standard InChI is InChI=1S/C4H13N3.C2H6/c5-1-3-7-4-2-6;1-2/h7H,1-6H2;1-2H3. The fourth-order valence-corrected chi connectivity index (χ4v) is 0.329. The van der Waals surface area contributed by atoms with Crippen LogP contribution < -0.4 is 16.8 Å². The van der Waals surface area contributed by atoms with Crippen LogP contribution in [-0.4, -0.2) is 26.2 Å². The van der Waals surface area contributed by atoms with Gasteiger partial charge in [-0.1, -0.05) is 13.8 Å². The Morgan fingerprint density at radius 2 is 1.33 bits per heavy atom. The Bertz CT molecular complexity index is 27.5. The highest BCUT2D eigenvalue weighted by Gasteiger charge is 1.76. The lowest BCUT2D eigenvalue weighted by Crippen LogP contribution is -2.27. The van der Waals surface area contributed by atoms with E-state index in [2.05, 4.69) is 5.32 Å². The first-order valence-electron chi connectivity index (χ1n) is 3.52. The van der Waals surface area contributed by atoms with Crippen molar-refractivity contribution < 1.29 is 0 Å². The molecule has 0 heterocycles. The van der Waals surface area contributed by atoms with Crippen molar-refractivity contribution in [1.29, 1.82) is 0 Å². The summed E-state index contributed by atoms with van der Waals surface area (Å²) in [4.78, 5) is 0. The second-order valence-electron chi connectivity index (χ2n) is 1.33. The maximum Gasteiger partial charge on any atom is 0.00750 e. The highest BCUT2D eigenvalue weighted by atomic mass is 14.9. The third-order valence-electron chi connectivity index (χ3n) is 0.642. The summed E-state index contributed by atoms with van der Waals surface area (Å²) in [6.07, 6.45) is 0. The van der Waals surface area contributed by atoms with E-state index in [0.29, 0.717) is 13.1 Å². The quantitative estimate of drug-likeness (QED) is 0.454. The number of hydrogen-bond acceptors (Lipinski definition) is 3. The van der Waals surface area contributed by atoms with Gasteiger partial charge in [-0.25, -0.2) is 0 Å². The fraction of sp³-hybridized carbons (Fsp3) is 1.00. The van der Waals surface area contributed by atoms with Crippen LogP contribution in [0.2, 0.25) is 0 Å². The predicted molar refractivity (Wildman–Crippen MR) is 42.3 cm³/mol. The third-order valence-corrected chi connectivity index (χ3v) is 0.642. The van der Waals surface area contributed by atoms with Crippen LogP contribution in [0.5, 0.6) is 0 Å². The lowest BCUT2D eigenvalue weighted by atomic mass is 10.6. The zero-order valence-electron chi connectivity index (χ0n) is 6.48. The van der Waals surface area contributed by atoms with E-state index in [1.54, 1.807) is 0 Å². The molecule has 0 aliphatic carbocycles. The van der Waals surface area contributed by atoms with Gasteiger partial charge in [0.2, 0.25) is 0 Å². The van der Waals surface area contributed by atoms with E-state index in [4.69, 9.17) is 11.5 Å². The van der Waals surface area contributed by atoms with E-state index in [1.165, 1.54) is 0 Å². The summed E-state index contributed by atoms with van der Waals surface area (Å²) >= 11 is 0. The van der Waals surface area contributed by atoms with Gasteiger partial charge in [-0.2, -0.15) is 0 Å². The van der Waals surface area contributed by atoms with Crippen LogP contribution >= 0.6 is 0 Å². The molecule has 0 radical (unpaired) electrons. The van der Waals surface area contributed by atoms with Crippen LogP contribution in [0.1, 0.15) is 13.8 Å². The molecule has 0 unspecified atom stereocenters. The first kappa shape index (κ1) is 11.6. The van der Waals surface area contributed by atoms with Crippen LogP contribution in [0, 0.1) is 0 Å². The largest absolute Gasteiger partial charge is 0.329 e. The smallest absolute Gasteiger partial charge is 0.00750 e. The molecular weight excluding hydrogens is 114 g/mol. The molecule has 3 heteroatoms. The van der Waals surface area contributed by atoms with Gasteiger partial charge in [-0.15, -0.1) is 0 Å². The third kappa shape index (κ3) is 18.1. The Labute approximate surface area is 57.8 Å². The highest BCUT2D eigenvalue weighted by molar-refractivity contribution is 4.45. The van der Waals surface area contributed by atoms with E-state index in [1.807, 2.05) is 13.8 Å². The zero-order chi connectivity index (χ0) is 7.54. The predicted octanol–water partition coefficient (Wildman–Crippen LogP) is -0.480. The monoisotopic (exact) mass is 133 g/mol. The first-order valence-corrected chi connectivity index (χ1v) is 3.52. The van der Waals surface area contributed by atoms with Crippen molar-refractivity contribution in [1.82, 2.24) is 5.32 Å². The van der Waals surface area contributed by atoms with Crippen molar-refractivity contribution in [2.24, 2.45) is 11.5 Å². The van der Waals surface area contributed by atoms with E-state index < -0.39 is 0 Å². The molecule has 0 atom stereocenters. The van der Waals surface area contributed by atoms with Crippen LogP contribution in [-0.2, 0) is 0 Å². The molecule has 0 spiro atoms. The summed E-state index contributed by atoms with van der Waals surface area (Å²) in [5.74, 6) is 0. The SMILES string of the molecule is CC.NCCNCCN. The minimum atomic E-state index is 0.694. The summed E-state index contributed by atoms with van der Waals surface area (Å²) in [6.45, 7) is 7.13. The van der Waals surface area contributed by atoms with Crippen molar-refractivity contribution in [3.8, 4) is 0 Å². The molecule has 5 N–H and O–H groups in total. The van der Waals surface area contributed by atoms with Crippen molar-refractivity contribution in [2.45, 2.75) is 13.8 Å². The summed E-state index contributed by atoms with van der Waals surface area (Å²) in [6, 6.07) is 0. The molecule has 0 saturated heterocycles. The minimum absolute atomic E-state index is 0.694. The Balaban J connectivity index is 0. The molecule has 0 aromatic carbocycles. The van der Waals surface area contributed by atoms with E-state index in [9.17, 15) is 0 Å². The van der Waals surface area contributed by atoms with Crippen LogP contribution in [0.15, 0.2) is 0 Å². The van der Waals surface area contributed by atoms with Crippen LogP contribution in [0.3, 0.4) is 0 Å². The lowest BCUT2D eigenvalue weighted by Gasteiger charge is -1.95. The normalized spacial score (nSPS) is 8.00. The van der Waals surface area contributed by atoms with Gasteiger partial charge in [0.05, 0.1) is 0 Å². The maximum atomic E-state index is 5.17. The van der Waals surface area contributed by atoms with Gasteiger partial charge >= 0.3 is 0 Å². The number of nitrogens with two attached hydrogens (primary N) is 2. The van der Waals surface area contributed by atoms with E-state index in [-0.39, 0.29) is 0 Å². The Morgan fingerprint density at radius 3 is 1.56 bits per heavy atom. The second kappa shape index (κ2) is 15.7. The first-order chi connectivity index (χ1) is 4.41. The summed E-state index contributed by atoms with van der Waals surface area (Å²) in [5, 5.41) is 3.03. The summed E-state index contributed by atoms with van der Waals surface area (Å²) in [5.41, 5.74) is 10.3. The Kier molecular flexibility index (Phi) is 20.3. The maximum absolute atomic E-state index is 5.17. The van der Waals surface area contributed by atoms with Crippen molar-refractivity contribution >= 4 is 0 Å². The van der Waals surface area contributed by atoms with Gasteiger partial charge in [-0.3, -0.25) is 0 Å².